The summed E-state index contributed by atoms with van der Waals surface area (Å²) in [5, 5.41) is 12.4. The molecule has 1 aliphatic carbocycles. The smallest absolute Gasteiger partial charge is 0.407 e. The number of carbonyl (C=O) groups excluding carboxylic acids is 2. The predicted molar refractivity (Wildman–Crippen MR) is 68.5 cm³/mol. The molecule has 0 bridgehead atoms. The molecule has 0 aliphatic heterocycles. The van der Waals surface area contributed by atoms with Gasteiger partial charge < -0.3 is 19.9 Å². The van der Waals surface area contributed by atoms with E-state index in [2.05, 4.69) is 5.32 Å². The largest absolute Gasteiger partial charge is 0.466 e. The Balaban J connectivity index is 2.48. The van der Waals surface area contributed by atoms with E-state index in [9.17, 15) is 14.7 Å². The number of hydrogen-bond donors (Lipinski definition) is 2. The lowest BCUT2D eigenvalue weighted by atomic mass is 10.1. The van der Waals surface area contributed by atoms with Crippen molar-refractivity contribution >= 4 is 12.1 Å². The first-order valence-corrected chi connectivity index (χ1v) is 6.57. The summed E-state index contributed by atoms with van der Waals surface area (Å²) in [5.74, 6) is -0.690. The summed E-state index contributed by atoms with van der Waals surface area (Å²) in [6.07, 6.45) is -0.651. The number of ether oxygens (including phenoxy) is 2. The molecule has 6 heteroatoms. The van der Waals surface area contributed by atoms with Crippen LogP contribution in [-0.2, 0) is 14.3 Å². The number of esters is 1. The summed E-state index contributed by atoms with van der Waals surface area (Å²) < 4.78 is 10.0. The van der Waals surface area contributed by atoms with E-state index < -0.39 is 23.8 Å². The summed E-state index contributed by atoms with van der Waals surface area (Å²) in [5.41, 5.74) is -0.589. The number of nitrogens with one attached hydrogen (secondary N) is 1. The van der Waals surface area contributed by atoms with E-state index in [4.69, 9.17) is 9.47 Å². The molecule has 1 fully saturated rings. The van der Waals surface area contributed by atoms with Crippen LogP contribution in [0, 0.1) is 5.92 Å². The van der Waals surface area contributed by atoms with Gasteiger partial charge in [0.2, 0.25) is 0 Å². The molecule has 6 nitrogen and oxygen atoms in total. The minimum atomic E-state index is -0.748. The minimum absolute atomic E-state index is 0.305. The molecule has 2 unspecified atom stereocenters. The summed E-state index contributed by atoms with van der Waals surface area (Å²) >= 11 is 0. The first kappa shape index (κ1) is 15.8. The summed E-state index contributed by atoms with van der Waals surface area (Å²) in [6.45, 7) is 7.34. The van der Waals surface area contributed by atoms with Gasteiger partial charge in [-0.1, -0.05) is 0 Å². The number of carbonyl (C=O) groups is 2. The molecular weight excluding hydrogens is 250 g/mol. The molecule has 2 N–H and O–H groups in total. The molecule has 110 valence electrons. The number of alkyl carbamates (subject to hydrolysis) is 1. The zero-order valence-electron chi connectivity index (χ0n) is 11.9. The van der Waals surface area contributed by atoms with Crippen LogP contribution in [0.3, 0.4) is 0 Å². The Morgan fingerprint density at radius 3 is 2.47 bits per heavy atom. The zero-order chi connectivity index (χ0) is 14.6. The average Bonchev–Trinajstić information content (AvgIpc) is 2.58. The van der Waals surface area contributed by atoms with Crippen molar-refractivity contribution in [1.29, 1.82) is 0 Å². The topological polar surface area (TPSA) is 84.9 Å². The molecule has 0 spiro atoms. The van der Waals surface area contributed by atoms with Gasteiger partial charge in [-0.3, -0.25) is 4.79 Å². The van der Waals surface area contributed by atoms with Crippen LogP contribution in [0.15, 0.2) is 0 Å². The van der Waals surface area contributed by atoms with Crippen molar-refractivity contribution in [2.45, 2.75) is 58.3 Å². The van der Waals surface area contributed by atoms with Gasteiger partial charge in [0.15, 0.2) is 0 Å². The van der Waals surface area contributed by atoms with Crippen molar-refractivity contribution in [2.24, 2.45) is 5.92 Å². The molecule has 0 saturated heterocycles. The Morgan fingerprint density at radius 1 is 1.32 bits per heavy atom. The molecule has 0 radical (unpaired) electrons. The maximum Gasteiger partial charge on any atom is 0.407 e. The SMILES string of the molecule is CCOC(=O)[C@@H]1CC(O)C(NC(=O)OC(C)(C)C)C1. The number of aliphatic hydroxyl groups is 1. The third-order valence-corrected chi connectivity index (χ3v) is 2.85. The standard InChI is InChI=1S/C13H23NO5/c1-5-18-11(16)8-6-9(10(15)7-8)14-12(17)19-13(2,3)4/h8-10,15H,5-7H2,1-4H3,(H,14,17)/t8-,9?,10?/m0/s1. The summed E-state index contributed by atoms with van der Waals surface area (Å²) in [4.78, 5) is 23.2. The highest BCUT2D eigenvalue weighted by Gasteiger charge is 2.39. The van der Waals surface area contributed by atoms with Gasteiger partial charge >= 0.3 is 12.1 Å². The van der Waals surface area contributed by atoms with Gasteiger partial charge in [-0.2, -0.15) is 0 Å². The van der Waals surface area contributed by atoms with Gasteiger partial charge in [0.25, 0.3) is 0 Å². The lowest BCUT2D eigenvalue weighted by Crippen LogP contribution is -2.42. The molecule has 1 rings (SSSR count). The van der Waals surface area contributed by atoms with Crippen LogP contribution in [0.25, 0.3) is 0 Å². The van der Waals surface area contributed by atoms with Crippen molar-refractivity contribution in [3.05, 3.63) is 0 Å². The highest BCUT2D eigenvalue weighted by Crippen LogP contribution is 2.27. The van der Waals surface area contributed by atoms with Crippen molar-refractivity contribution in [3.8, 4) is 0 Å². The van der Waals surface area contributed by atoms with Crippen LogP contribution in [0.5, 0.6) is 0 Å². The fourth-order valence-corrected chi connectivity index (χ4v) is 2.08. The quantitative estimate of drug-likeness (QED) is 0.755. The van der Waals surface area contributed by atoms with Crippen molar-refractivity contribution in [1.82, 2.24) is 5.32 Å². The first-order valence-electron chi connectivity index (χ1n) is 6.57. The van der Waals surface area contributed by atoms with Gasteiger partial charge in [0.05, 0.1) is 24.7 Å². The Labute approximate surface area is 113 Å². The monoisotopic (exact) mass is 273 g/mol. The van der Waals surface area contributed by atoms with E-state index in [1.165, 1.54) is 0 Å². The Hall–Kier alpha value is -1.30. The maximum absolute atomic E-state index is 11.6. The van der Waals surface area contributed by atoms with E-state index in [1.54, 1.807) is 27.7 Å². The fraction of sp³-hybridized carbons (Fsp3) is 0.846. The second-order valence-electron chi connectivity index (χ2n) is 5.74. The van der Waals surface area contributed by atoms with Crippen molar-refractivity contribution in [2.75, 3.05) is 6.61 Å². The number of aliphatic hydroxyl groups excluding tert-OH is 1. The van der Waals surface area contributed by atoms with E-state index >= 15 is 0 Å². The summed E-state index contributed by atoms with van der Waals surface area (Å²) in [6, 6.07) is -0.468. The molecule has 0 aromatic carbocycles. The first-order chi connectivity index (χ1) is 8.73. The van der Waals surface area contributed by atoms with Crippen LogP contribution < -0.4 is 5.32 Å². The molecule has 19 heavy (non-hydrogen) atoms. The van der Waals surface area contributed by atoms with Gasteiger partial charge in [0.1, 0.15) is 5.60 Å². The third-order valence-electron chi connectivity index (χ3n) is 2.85. The second-order valence-corrected chi connectivity index (χ2v) is 5.74. The Bertz CT molecular complexity index is 336. The Morgan fingerprint density at radius 2 is 1.95 bits per heavy atom. The molecule has 0 aromatic heterocycles. The molecule has 1 amide bonds. The van der Waals surface area contributed by atoms with Crippen LogP contribution in [-0.4, -0.2) is 41.5 Å². The zero-order valence-corrected chi connectivity index (χ0v) is 11.9. The highest BCUT2D eigenvalue weighted by molar-refractivity contribution is 5.73. The summed E-state index contributed by atoms with van der Waals surface area (Å²) in [7, 11) is 0. The number of hydrogen-bond acceptors (Lipinski definition) is 5. The normalized spacial score (nSPS) is 26.9. The van der Waals surface area contributed by atoms with Crippen molar-refractivity contribution < 1.29 is 24.2 Å². The molecule has 0 aromatic rings. The van der Waals surface area contributed by atoms with Crippen LogP contribution in [0.2, 0.25) is 0 Å². The average molecular weight is 273 g/mol. The maximum atomic E-state index is 11.6. The van der Waals surface area contributed by atoms with Crippen LogP contribution in [0.4, 0.5) is 4.79 Å². The van der Waals surface area contributed by atoms with Crippen LogP contribution >= 0.6 is 0 Å². The molecule has 3 atom stereocenters. The van der Waals surface area contributed by atoms with Gasteiger partial charge in [-0.05, 0) is 40.5 Å². The Kier molecular flexibility index (Phi) is 5.17. The lowest BCUT2D eigenvalue weighted by Gasteiger charge is -2.22. The molecule has 1 aliphatic rings. The predicted octanol–water partition coefficient (Wildman–Crippen LogP) is 1.21. The van der Waals surface area contributed by atoms with Gasteiger partial charge in [-0.25, -0.2) is 4.79 Å². The molecule has 0 heterocycles. The number of rotatable bonds is 3. The second kappa shape index (κ2) is 6.23. The minimum Gasteiger partial charge on any atom is -0.466 e. The van der Waals surface area contributed by atoms with E-state index in [0.29, 0.717) is 19.4 Å². The molecule has 1 saturated carbocycles. The van der Waals surface area contributed by atoms with E-state index in [0.717, 1.165) is 0 Å². The number of amides is 1. The van der Waals surface area contributed by atoms with E-state index in [1.807, 2.05) is 0 Å². The van der Waals surface area contributed by atoms with Gasteiger partial charge in [-0.15, -0.1) is 0 Å². The lowest BCUT2D eigenvalue weighted by molar-refractivity contribution is -0.148. The van der Waals surface area contributed by atoms with Crippen LogP contribution in [0.1, 0.15) is 40.5 Å². The van der Waals surface area contributed by atoms with E-state index in [-0.39, 0.29) is 11.9 Å². The third kappa shape index (κ3) is 5.06. The highest BCUT2D eigenvalue weighted by atomic mass is 16.6. The van der Waals surface area contributed by atoms with Crippen molar-refractivity contribution in [3.63, 3.8) is 0 Å². The fourth-order valence-electron chi connectivity index (χ4n) is 2.08. The van der Waals surface area contributed by atoms with Gasteiger partial charge in [0, 0.05) is 0 Å². The molecular formula is C13H23NO5.